The molecule has 19 heavy (non-hydrogen) atoms. The molecule has 4 N–H and O–H groups in total. The average molecular weight is 260 g/mol. The third-order valence-electron chi connectivity index (χ3n) is 3.52. The van der Waals surface area contributed by atoms with Gasteiger partial charge >= 0.3 is 0 Å². The lowest BCUT2D eigenvalue weighted by Gasteiger charge is -2.13. The molecule has 0 radical (unpaired) electrons. The molecule has 1 amide bonds. The zero-order chi connectivity index (χ0) is 13.7. The molecule has 0 saturated heterocycles. The number of nitrogens with two attached hydrogens (primary N) is 1. The number of carbonyl (C=O) groups is 1. The van der Waals surface area contributed by atoms with Crippen molar-refractivity contribution in [2.75, 3.05) is 12.3 Å². The molecule has 0 aromatic heterocycles. The van der Waals surface area contributed by atoms with Crippen LogP contribution in [0.2, 0.25) is 0 Å². The zero-order valence-corrected chi connectivity index (χ0v) is 10.9. The van der Waals surface area contributed by atoms with Crippen LogP contribution in [0.4, 0.5) is 5.69 Å². The molecule has 4 heteroatoms. The smallest absolute Gasteiger partial charge is 0.244 e. The third-order valence-corrected chi connectivity index (χ3v) is 3.52. The van der Waals surface area contributed by atoms with Crippen LogP contribution < -0.4 is 11.1 Å². The summed E-state index contributed by atoms with van der Waals surface area (Å²) in [6, 6.07) is 7.32. The van der Waals surface area contributed by atoms with Crippen molar-refractivity contribution in [2.24, 2.45) is 5.92 Å². The average Bonchev–Trinajstić information content (AvgIpc) is 2.81. The van der Waals surface area contributed by atoms with Gasteiger partial charge in [-0.1, -0.05) is 18.6 Å². The minimum atomic E-state index is -0.263. The standard InChI is InChI=1S/C15H20N2O2/c16-13-7-4-11(5-8-13)6-9-15(19)17-10-12-2-1-3-14(12)18/h4-9,12,14,18H,1-3,10,16H2,(H,17,19)/b9-6+. The second-order valence-electron chi connectivity index (χ2n) is 5.00. The number of aliphatic hydroxyl groups is 1. The van der Waals surface area contributed by atoms with Gasteiger partial charge in [0, 0.05) is 24.2 Å². The first-order chi connectivity index (χ1) is 9.15. The molecule has 0 spiro atoms. The quantitative estimate of drug-likeness (QED) is 0.568. The zero-order valence-electron chi connectivity index (χ0n) is 10.9. The maximum atomic E-state index is 11.6. The summed E-state index contributed by atoms with van der Waals surface area (Å²) in [6.45, 7) is 0.548. The predicted octanol–water partition coefficient (Wildman–Crippen LogP) is 1.56. The lowest BCUT2D eigenvalue weighted by molar-refractivity contribution is -0.116. The topological polar surface area (TPSA) is 75.4 Å². The van der Waals surface area contributed by atoms with Crippen molar-refractivity contribution >= 4 is 17.7 Å². The summed E-state index contributed by atoms with van der Waals surface area (Å²) in [6.07, 6.45) is 5.88. The molecule has 4 nitrogen and oxygen atoms in total. The van der Waals surface area contributed by atoms with Gasteiger partial charge in [0.25, 0.3) is 0 Å². The number of nitrogen functional groups attached to an aromatic ring is 1. The SMILES string of the molecule is Nc1ccc(/C=C/C(=O)NCC2CCCC2O)cc1. The number of carbonyl (C=O) groups excluding carboxylic acids is 1. The number of aliphatic hydroxyl groups excluding tert-OH is 1. The van der Waals surface area contributed by atoms with E-state index >= 15 is 0 Å². The maximum absolute atomic E-state index is 11.6. The van der Waals surface area contributed by atoms with E-state index in [1.807, 2.05) is 12.1 Å². The predicted molar refractivity (Wildman–Crippen MR) is 76.2 cm³/mol. The third kappa shape index (κ3) is 4.10. The molecule has 2 rings (SSSR count). The van der Waals surface area contributed by atoms with Crippen LogP contribution in [0.15, 0.2) is 30.3 Å². The largest absolute Gasteiger partial charge is 0.399 e. The van der Waals surface area contributed by atoms with E-state index in [1.54, 1.807) is 18.2 Å². The number of nitrogens with one attached hydrogen (secondary N) is 1. The first kappa shape index (κ1) is 13.6. The molecule has 102 valence electrons. The van der Waals surface area contributed by atoms with Gasteiger partial charge in [0.1, 0.15) is 0 Å². The van der Waals surface area contributed by atoms with Gasteiger partial charge in [-0.15, -0.1) is 0 Å². The molecule has 0 bridgehead atoms. The van der Waals surface area contributed by atoms with Gasteiger partial charge in [-0.2, -0.15) is 0 Å². The molecule has 1 saturated carbocycles. The number of hydrogen-bond donors (Lipinski definition) is 3. The molecule has 2 atom stereocenters. The van der Waals surface area contributed by atoms with Gasteiger partial charge in [0.05, 0.1) is 6.10 Å². The Hall–Kier alpha value is -1.81. The Labute approximate surface area is 113 Å². The van der Waals surface area contributed by atoms with Crippen LogP contribution in [0, 0.1) is 5.92 Å². The van der Waals surface area contributed by atoms with Gasteiger partial charge in [-0.3, -0.25) is 4.79 Å². The summed E-state index contributed by atoms with van der Waals surface area (Å²) in [7, 11) is 0. The van der Waals surface area contributed by atoms with Crippen molar-refractivity contribution in [3.05, 3.63) is 35.9 Å². The molecule has 1 aromatic rings. The highest BCUT2D eigenvalue weighted by Crippen LogP contribution is 2.24. The summed E-state index contributed by atoms with van der Waals surface area (Å²) in [5.41, 5.74) is 7.23. The van der Waals surface area contributed by atoms with Crippen LogP contribution in [0.5, 0.6) is 0 Å². The van der Waals surface area contributed by atoms with E-state index in [0.717, 1.165) is 24.8 Å². The minimum Gasteiger partial charge on any atom is -0.399 e. The summed E-state index contributed by atoms with van der Waals surface area (Å²) in [5.74, 6) is 0.0739. The van der Waals surface area contributed by atoms with Crippen molar-refractivity contribution in [1.29, 1.82) is 0 Å². The van der Waals surface area contributed by atoms with Gasteiger partial charge in [-0.25, -0.2) is 0 Å². The number of anilines is 1. The second-order valence-corrected chi connectivity index (χ2v) is 5.00. The van der Waals surface area contributed by atoms with E-state index in [0.29, 0.717) is 12.2 Å². The number of rotatable bonds is 4. The van der Waals surface area contributed by atoms with E-state index in [9.17, 15) is 9.90 Å². The van der Waals surface area contributed by atoms with Gasteiger partial charge < -0.3 is 16.2 Å². The molecule has 1 aliphatic rings. The van der Waals surface area contributed by atoms with E-state index in [2.05, 4.69) is 5.32 Å². The Kier molecular flexibility index (Phi) is 4.58. The Morgan fingerprint density at radius 2 is 2.11 bits per heavy atom. The fourth-order valence-electron chi connectivity index (χ4n) is 2.33. The Morgan fingerprint density at radius 1 is 1.37 bits per heavy atom. The van der Waals surface area contributed by atoms with E-state index in [1.165, 1.54) is 6.08 Å². The van der Waals surface area contributed by atoms with E-state index < -0.39 is 0 Å². The molecular formula is C15H20N2O2. The van der Waals surface area contributed by atoms with Crippen molar-refractivity contribution in [2.45, 2.75) is 25.4 Å². The van der Waals surface area contributed by atoms with Gasteiger partial charge in [0.2, 0.25) is 5.91 Å². The van der Waals surface area contributed by atoms with Crippen LogP contribution in [0.1, 0.15) is 24.8 Å². The van der Waals surface area contributed by atoms with Crippen LogP contribution in [-0.4, -0.2) is 23.7 Å². The summed E-state index contributed by atoms with van der Waals surface area (Å²) >= 11 is 0. The normalized spacial score (nSPS) is 22.8. The van der Waals surface area contributed by atoms with Gasteiger partial charge in [-0.05, 0) is 36.6 Å². The molecule has 0 heterocycles. The fraction of sp³-hybridized carbons (Fsp3) is 0.400. The Morgan fingerprint density at radius 3 is 2.74 bits per heavy atom. The van der Waals surface area contributed by atoms with E-state index in [-0.39, 0.29) is 17.9 Å². The summed E-state index contributed by atoms with van der Waals surface area (Å²) < 4.78 is 0. The van der Waals surface area contributed by atoms with Crippen molar-refractivity contribution in [1.82, 2.24) is 5.32 Å². The lowest BCUT2D eigenvalue weighted by atomic mass is 10.1. The molecule has 2 unspecified atom stereocenters. The molecular weight excluding hydrogens is 240 g/mol. The first-order valence-electron chi connectivity index (χ1n) is 6.64. The maximum Gasteiger partial charge on any atom is 0.244 e. The van der Waals surface area contributed by atoms with Gasteiger partial charge in [0.15, 0.2) is 0 Å². The monoisotopic (exact) mass is 260 g/mol. The summed E-state index contributed by atoms with van der Waals surface area (Å²) in [5, 5.41) is 12.5. The lowest BCUT2D eigenvalue weighted by Crippen LogP contribution is -2.31. The summed E-state index contributed by atoms with van der Waals surface area (Å²) in [4.78, 5) is 11.6. The van der Waals surface area contributed by atoms with Crippen molar-refractivity contribution < 1.29 is 9.90 Å². The van der Waals surface area contributed by atoms with Crippen molar-refractivity contribution in [3.8, 4) is 0 Å². The fourth-order valence-corrected chi connectivity index (χ4v) is 2.33. The number of amides is 1. The second kappa shape index (κ2) is 6.38. The highest BCUT2D eigenvalue weighted by atomic mass is 16.3. The molecule has 1 aliphatic carbocycles. The highest BCUT2D eigenvalue weighted by Gasteiger charge is 2.24. The number of hydrogen-bond acceptors (Lipinski definition) is 3. The van der Waals surface area contributed by atoms with Crippen LogP contribution in [-0.2, 0) is 4.79 Å². The molecule has 1 aromatic carbocycles. The first-order valence-corrected chi connectivity index (χ1v) is 6.64. The van der Waals surface area contributed by atoms with Crippen LogP contribution in [0.25, 0.3) is 6.08 Å². The Balaban J connectivity index is 1.79. The molecule has 0 aliphatic heterocycles. The van der Waals surface area contributed by atoms with Crippen LogP contribution >= 0.6 is 0 Å². The van der Waals surface area contributed by atoms with Crippen molar-refractivity contribution in [3.63, 3.8) is 0 Å². The van der Waals surface area contributed by atoms with Crippen LogP contribution in [0.3, 0.4) is 0 Å². The highest BCUT2D eigenvalue weighted by molar-refractivity contribution is 5.91. The molecule has 1 fully saturated rings. The minimum absolute atomic E-state index is 0.129. The Bertz CT molecular complexity index is 454. The van der Waals surface area contributed by atoms with E-state index in [4.69, 9.17) is 5.73 Å². The number of benzene rings is 1.